The second-order valence-corrected chi connectivity index (χ2v) is 5.80. The Kier molecular flexibility index (Phi) is 5.14. The van der Waals surface area contributed by atoms with Crippen molar-refractivity contribution in [3.8, 4) is 5.75 Å². The first-order valence-electron chi connectivity index (χ1n) is 6.89. The molecule has 140 valence electrons. The lowest BCUT2D eigenvalue weighted by Crippen LogP contribution is -2.16. The number of phenols is 1. The van der Waals surface area contributed by atoms with Gasteiger partial charge in [-0.05, 0) is 42.8 Å². The van der Waals surface area contributed by atoms with Gasteiger partial charge in [0, 0.05) is 10.7 Å². The van der Waals surface area contributed by atoms with Crippen LogP contribution in [0, 0.1) is 6.92 Å². The summed E-state index contributed by atoms with van der Waals surface area (Å²) >= 11 is 5.75. The van der Waals surface area contributed by atoms with Gasteiger partial charge in [0.25, 0.3) is 5.91 Å². The minimum Gasteiger partial charge on any atom is -0.507 e. The van der Waals surface area contributed by atoms with E-state index in [4.69, 9.17) is 11.6 Å². The lowest BCUT2D eigenvalue weighted by Gasteiger charge is -2.15. The highest BCUT2D eigenvalue weighted by Gasteiger charge is 2.37. The highest BCUT2D eigenvalue weighted by Crippen LogP contribution is 2.38. The molecule has 0 fully saturated rings. The van der Waals surface area contributed by atoms with Gasteiger partial charge in [0.05, 0.1) is 16.7 Å². The number of benzene rings is 2. The van der Waals surface area contributed by atoms with Crippen LogP contribution in [0.2, 0.25) is 5.02 Å². The monoisotopic (exact) mass is 397 g/mol. The molecule has 0 bridgehead atoms. The minimum atomic E-state index is -5.05. The number of aromatic hydroxyl groups is 1. The average Bonchev–Trinajstić information content (AvgIpc) is 2.48. The molecule has 0 aliphatic heterocycles. The van der Waals surface area contributed by atoms with Crippen LogP contribution >= 0.6 is 11.6 Å². The quantitative estimate of drug-likeness (QED) is 0.644. The van der Waals surface area contributed by atoms with E-state index >= 15 is 0 Å². The van der Waals surface area contributed by atoms with E-state index in [2.05, 4.69) is 0 Å². The lowest BCUT2D eigenvalue weighted by molar-refractivity contribution is -0.143. The van der Waals surface area contributed by atoms with Gasteiger partial charge in [-0.1, -0.05) is 11.6 Å². The smallest absolute Gasteiger partial charge is 0.416 e. The molecule has 0 radical (unpaired) electrons. The Morgan fingerprint density at radius 2 is 1.46 bits per heavy atom. The number of rotatable bonds is 2. The highest BCUT2D eigenvalue weighted by atomic mass is 35.5. The van der Waals surface area contributed by atoms with E-state index in [0.29, 0.717) is 12.1 Å². The second-order valence-electron chi connectivity index (χ2n) is 5.37. The summed E-state index contributed by atoms with van der Waals surface area (Å²) in [6.45, 7) is 1.42. The lowest BCUT2D eigenvalue weighted by atomic mass is 10.1. The number of alkyl halides is 6. The number of amides is 1. The van der Waals surface area contributed by atoms with Crippen LogP contribution in [-0.2, 0) is 12.4 Å². The van der Waals surface area contributed by atoms with Gasteiger partial charge in [-0.25, -0.2) is 0 Å². The van der Waals surface area contributed by atoms with Gasteiger partial charge in [0.1, 0.15) is 5.75 Å². The van der Waals surface area contributed by atoms with Crippen molar-refractivity contribution < 1.29 is 36.2 Å². The maximum Gasteiger partial charge on any atom is 0.416 e. The van der Waals surface area contributed by atoms with Crippen LogP contribution in [0.3, 0.4) is 0 Å². The first-order valence-corrected chi connectivity index (χ1v) is 7.27. The fourth-order valence-electron chi connectivity index (χ4n) is 2.13. The van der Waals surface area contributed by atoms with Crippen molar-refractivity contribution in [3.63, 3.8) is 0 Å². The predicted octanol–water partition coefficient (Wildman–Crippen LogP) is 5.64. The Bertz CT molecular complexity index is 829. The van der Waals surface area contributed by atoms with Gasteiger partial charge in [-0.2, -0.15) is 26.3 Å². The third kappa shape index (κ3) is 4.40. The molecule has 26 heavy (non-hydrogen) atoms. The third-order valence-electron chi connectivity index (χ3n) is 3.36. The van der Waals surface area contributed by atoms with Crippen LogP contribution in [-0.4, -0.2) is 11.0 Å². The number of phenolic OH excluding ortho intramolecular Hbond substituents is 1. The van der Waals surface area contributed by atoms with E-state index in [0.717, 1.165) is 6.07 Å². The molecule has 0 atom stereocenters. The predicted molar refractivity (Wildman–Crippen MR) is 82.3 cm³/mol. The Balaban J connectivity index is 2.48. The molecule has 0 spiro atoms. The van der Waals surface area contributed by atoms with E-state index in [1.165, 1.54) is 13.0 Å². The molecule has 0 aliphatic rings. The van der Waals surface area contributed by atoms with Gasteiger partial charge in [0.2, 0.25) is 0 Å². The molecular formula is C16H10ClF6NO2. The fraction of sp³-hybridized carbons (Fsp3) is 0.188. The third-order valence-corrected chi connectivity index (χ3v) is 3.57. The van der Waals surface area contributed by atoms with Gasteiger partial charge < -0.3 is 10.4 Å². The maximum absolute atomic E-state index is 12.8. The molecular weight excluding hydrogens is 388 g/mol. The summed E-state index contributed by atoms with van der Waals surface area (Å²) in [7, 11) is 0. The summed E-state index contributed by atoms with van der Waals surface area (Å²) in [4.78, 5) is 12.2. The molecule has 0 aromatic heterocycles. The number of carbonyl (C=O) groups excluding carboxylic acids is 1. The van der Waals surface area contributed by atoms with Crippen molar-refractivity contribution in [1.82, 2.24) is 0 Å². The molecule has 2 rings (SSSR count). The van der Waals surface area contributed by atoms with Crippen LogP contribution in [0.25, 0.3) is 0 Å². The summed E-state index contributed by atoms with van der Waals surface area (Å²) in [6, 6.07) is 3.04. The van der Waals surface area contributed by atoms with Crippen LogP contribution in [0.5, 0.6) is 5.75 Å². The van der Waals surface area contributed by atoms with E-state index < -0.39 is 40.8 Å². The van der Waals surface area contributed by atoms with Gasteiger partial charge in [-0.3, -0.25) is 4.79 Å². The Morgan fingerprint density at radius 3 is 1.92 bits per heavy atom. The number of aryl methyl sites for hydroxylation is 1. The van der Waals surface area contributed by atoms with Gasteiger partial charge >= 0.3 is 12.4 Å². The molecule has 0 saturated heterocycles. The zero-order valence-electron chi connectivity index (χ0n) is 12.9. The zero-order valence-corrected chi connectivity index (χ0v) is 13.6. The summed E-state index contributed by atoms with van der Waals surface area (Å²) in [5.41, 5.74) is -4.05. The summed E-state index contributed by atoms with van der Waals surface area (Å²) in [5, 5.41) is 11.8. The summed E-state index contributed by atoms with van der Waals surface area (Å²) < 4.78 is 77.0. The number of halogens is 7. The molecule has 0 saturated carbocycles. The van der Waals surface area contributed by atoms with E-state index in [1.54, 1.807) is 0 Å². The maximum atomic E-state index is 12.8. The summed E-state index contributed by atoms with van der Waals surface area (Å²) in [6.07, 6.45) is -10.1. The van der Waals surface area contributed by atoms with Crippen LogP contribution < -0.4 is 5.32 Å². The topological polar surface area (TPSA) is 49.3 Å². The number of carbonyl (C=O) groups is 1. The van der Waals surface area contributed by atoms with Crippen LogP contribution in [0.15, 0.2) is 30.3 Å². The Morgan fingerprint density at radius 1 is 0.962 bits per heavy atom. The van der Waals surface area contributed by atoms with Crippen LogP contribution in [0.1, 0.15) is 27.0 Å². The molecule has 3 nitrogen and oxygen atoms in total. The fourth-order valence-corrected chi connectivity index (χ4v) is 2.41. The average molecular weight is 398 g/mol. The molecule has 0 unspecified atom stereocenters. The number of hydrogen-bond donors (Lipinski definition) is 2. The second kappa shape index (κ2) is 6.71. The molecule has 0 aliphatic carbocycles. The first-order chi connectivity index (χ1) is 11.8. The van der Waals surface area contributed by atoms with Crippen molar-refractivity contribution in [2.75, 3.05) is 5.32 Å². The Labute approximate surface area is 148 Å². The summed E-state index contributed by atoms with van der Waals surface area (Å²) in [5.74, 6) is -1.60. The van der Waals surface area contributed by atoms with Crippen molar-refractivity contribution in [2.45, 2.75) is 19.3 Å². The van der Waals surface area contributed by atoms with E-state index in [9.17, 15) is 36.2 Å². The number of anilines is 1. The molecule has 0 heterocycles. The largest absolute Gasteiger partial charge is 0.507 e. The van der Waals surface area contributed by atoms with Crippen molar-refractivity contribution >= 4 is 23.2 Å². The van der Waals surface area contributed by atoms with Gasteiger partial charge in [-0.15, -0.1) is 0 Å². The first kappa shape index (κ1) is 19.9. The van der Waals surface area contributed by atoms with Crippen LogP contribution in [0.4, 0.5) is 32.0 Å². The number of hydrogen-bond acceptors (Lipinski definition) is 2. The zero-order chi connectivity index (χ0) is 19.9. The molecule has 1 amide bonds. The Hall–Kier alpha value is -2.42. The molecule has 2 aromatic carbocycles. The van der Waals surface area contributed by atoms with Gasteiger partial charge in [0.15, 0.2) is 0 Å². The van der Waals surface area contributed by atoms with Crippen molar-refractivity contribution in [1.29, 1.82) is 0 Å². The molecule has 10 heteroatoms. The molecule has 2 N–H and O–H groups in total. The molecule has 2 aromatic rings. The van der Waals surface area contributed by atoms with Crippen molar-refractivity contribution in [2.24, 2.45) is 0 Å². The number of nitrogens with one attached hydrogen (secondary N) is 1. The standard InChI is InChI=1S/C16H10ClF6NO2/c1-7-2-10(17)6-12(13(7)25)14(26)24-11-4-8(15(18,19)20)3-9(5-11)16(21,22)23/h2-6,25H,1H3,(H,24,26). The van der Waals surface area contributed by atoms with Crippen molar-refractivity contribution in [3.05, 3.63) is 57.6 Å². The van der Waals surface area contributed by atoms with E-state index in [1.807, 2.05) is 5.32 Å². The highest BCUT2D eigenvalue weighted by molar-refractivity contribution is 6.31. The normalized spacial score (nSPS) is 12.2. The minimum absolute atomic E-state index is 0.0589. The SMILES string of the molecule is Cc1cc(Cl)cc(C(=O)Nc2cc(C(F)(F)F)cc(C(F)(F)F)c2)c1O. The van der Waals surface area contributed by atoms with E-state index in [-0.39, 0.29) is 22.2 Å².